The number of rotatable bonds is 10. The van der Waals surface area contributed by atoms with Crippen LogP contribution >= 0.6 is 0 Å². The van der Waals surface area contributed by atoms with Gasteiger partial charge in [0.05, 0.1) is 0 Å². The van der Waals surface area contributed by atoms with Crippen molar-refractivity contribution in [1.82, 2.24) is 0 Å². The van der Waals surface area contributed by atoms with Crippen molar-refractivity contribution < 1.29 is 17.9 Å². The fraction of sp³-hybridized carbons (Fsp3) is 0.240. The van der Waals surface area contributed by atoms with Crippen LogP contribution in [0.3, 0.4) is 0 Å². The van der Waals surface area contributed by atoms with Crippen molar-refractivity contribution in [2.45, 2.75) is 29.5 Å². The monoisotopic (exact) mass is 502 g/mol. The van der Waals surface area contributed by atoms with Crippen molar-refractivity contribution in [1.29, 1.82) is 0 Å². The van der Waals surface area contributed by atoms with Gasteiger partial charge in [0.2, 0.25) is 0 Å². The molecule has 0 aromatic heterocycles. The molecule has 6 heteroatoms. The summed E-state index contributed by atoms with van der Waals surface area (Å²) in [5.74, 6) is -0.254. The molecule has 0 heterocycles. The molecule has 0 spiro atoms. The van der Waals surface area contributed by atoms with Crippen LogP contribution in [0.25, 0.3) is 0 Å². The van der Waals surface area contributed by atoms with E-state index < -0.39 is 9.84 Å². The number of carbonyl (C=O) groups excluding carboxylic acids is 1. The van der Waals surface area contributed by atoms with Gasteiger partial charge >= 0.3 is 191 Å². The number of hydrogen-bond acceptors (Lipinski definition) is 4. The number of aryl methyl sites for hydroxylation is 1. The molecule has 1 atom stereocenters. The van der Waals surface area contributed by atoms with Crippen LogP contribution in [0.15, 0.2) is 89.8 Å². The Morgan fingerprint density at radius 3 is 2.16 bits per heavy atom. The Hall–Kier alpha value is -2.40. The molecule has 0 radical (unpaired) electrons. The molecule has 3 aromatic carbocycles. The average Bonchev–Trinajstić information content (AvgIpc) is 2.78. The van der Waals surface area contributed by atoms with Gasteiger partial charge in [-0.2, -0.15) is 0 Å². The Bertz CT molecular complexity index is 1070. The van der Waals surface area contributed by atoms with E-state index in [1.807, 2.05) is 55.5 Å². The first-order valence-electron chi connectivity index (χ1n) is 10.2. The van der Waals surface area contributed by atoms with E-state index in [9.17, 15) is 13.2 Å². The molecule has 0 aliphatic rings. The van der Waals surface area contributed by atoms with Crippen LogP contribution in [-0.2, 0) is 14.6 Å². The van der Waals surface area contributed by atoms with Crippen LogP contribution in [0.4, 0.5) is 0 Å². The minimum atomic E-state index is -3.38. The fourth-order valence-electron chi connectivity index (χ4n) is 3.09. The van der Waals surface area contributed by atoms with Gasteiger partial charge < -0.3 is 0 Å². The van der Waals surface area contributed by atoms with Crippen LogP contribution in [0.5, 0.6) is 0 Å². The van der Waals surface area contributed by atoms with Gasteiger partial charge in [-0.3, -0.25) is 0 Å². The van der Waals surface area contributed by atoms with Gasteiger partial charge in [-0.1, -0.05) is 0 Å². The summed E-state index contributed by atoms with van der Waals surface area (Å²) in [5.41, 5.74) is 1.55. The predicted molar refractivity (Wildman–Crippen MR) is 125 cm³/mol. The quantitative estimate of drug-likeness (QED) is 0.237. The number of benzene rings is 3. The summed E-state index contributed by atoms with van der Waals surface area (Å²) in [6.45, 7) is 2.22. The van der Waals surface area contributed by atoms with Crippen LogP contribution in [0, 0.1) is 6.92 Å². The second kappa shape index (κ2) is 11.3. The topological polar surface area (TPSA) is 60.4 Å². The van der Waals surface area contributed by atoms with E-state index in [1.54, 1.807) is 36.4 Å². The summed E-state index contributed by atoms with van der Waals surface area (Å²) in [5, 5.41) is 0. The van der Waals surface area contributed by atoms with Crippen molar-refractivity contribution >= 4 is 35.2 Å². The molecular weight excluding hydrogens is 475 g/mol. The van der Waals surface area contributed by atoms with Gasteiger partial charge in [0.25, 0.3) is 0 Å². The third-order valence-corrected chi connectivity index (χ3v) is 9.74. The molecule has 3 aromatic rings. The fourth-order valence-corrected chi connectivity index (χ4v) is 8.17. The second-order valence-electron chi connectivity index (χ2n) is 7.29. The van der Waals surface area contributed by atoms with Gasteiger partial charge in [-0.25, -0.2) is 0 Å². The third kappa shape index (κ3) is 7.35. The standard InChI is InChI=1S/C25H26O4SSe/c1-20-14-16-22(17-15-20)30(27,28)19-24(31-23-11-6-3-7-12-23)13-8-18-29-25(26)21-9-4-2-5-10-21/h2-7,9-12,14-17,24H,8,13,18-19H2,1H3. The van der Waals surface area contributed by atoms with E-state index in [4.69, 9.17) is 4.74 Å². The molecule has 0 aliphatic heterocycles. The maximum absolute atomic E-state index is 13.0. The minimum absolute atomic E-state index is 0.00245. The summed E-state index contributed by atoms with van der Waals surface area (Å²) in [6, 6.07) is 25.9. The second-order valence-corrected chi connectivity index (χ2v) is 12.2. The van der Waals surface area contributed by atoms with Gasteiger partial charge in [0.1, 0.15) is 0 Å². The van der Waals surface area contributed by atoms with Crippen molar-refractivity contribution in [2.75, 3.05) is 12.4 Å². The number of esters is 1. The van der Waals surface area contributed by atoms with Crippen molar-refractivity contribution in [3.63, 3.8) is 0 Å². The summed E-state index contributed by atoms with van der Waals surface area (Å²) >= 11 is 0.00245. The van der Waals surface area contributed by atoms with Crippen molar-refractivity contribution in [3.8, 4) is 0 Å². The van der Waals surface area contributed by atoms with Crippen LogP contribution in [-0.4, -0.2) is 41.7 Å². The van der Waals surface area contributed by atoms with E-state index in [-0.39, 0.29) is 38.1 Å². The molecule has 162 valence electrons. The van der Waals surface area contributed by atoms with E-state index in [2.05, 4.69) is 0 Å². The molecule has 31 heavy (non-hydrogen) atoms. The summed E-state index contributed by atoms with van der Waals surface area (Å²) in [7, 11) is -3.38. The molecule has 0 saturated heterocycles. The van der Waals surface area contributed by atoms with Crippen molar-refractivity contribution in [2.24, 2.45) is 0 Å². The molecule has 1 unspecified atom stereocenters. The molecule has 4 nitrogen and oxygen atoms in total. The van der Waals surface area contributed by atoms with Crippen LogP contribution < -0.4 is 4.46 Å². The Kier molecular flexibility index (Phi) is 8.47. The molecule has 0 amide bonds. The molecular formula is C25H26O4SSe. The number of sulfone groups is 1. The number of hydrogen-bond donors (Lipinski definition) is 0. The first kappa shape index (κ1) is 23.3. The Morgan fingerprint density at radius 2 is 1.52 bits per heavy atom. The van der Waals surface area contributed by atoms with Crippen LogP contribution in [0.1, 0.15) is 28.8 Å². The molecule has 0 bridgehead atoms. The Labute approximate surface area is 190 Å². The zero-order valence-electron chi connectivity index (χ0n) is 17.4. The SMILES string of the molecule is Cc1ccc(S(=O)(=O)CC(CCCOC(=O)c2ccccc2)[Se]c2ccccc2)cc1. The first-order valence-corrected chi connectivity index (χ1v) is 13.7. The third-order valence-electron chi connectivity index (χ3n) is 4.74. The first-order chi connectivity index (χ1) is 14.9. The van der Waals surface area contributed by atoms with Gasteiger partial charge in [0, 0.05) is 0 Å². The normalized spacial score (nSPS) is 12.3. The predicted octanol–water partition coefficient (Wildman–Crippen LogP) is 4.22. The summed E-state index contributed by atoms with van der Waals surface area (Å²) < 4.78 is 32.5. The zero-order valence-corrected chi connectivity index (χ0v) is 20.0. The van der Waals surface area contributed by atoms with Crippen molar-refractivity contribution in [3.05, 3.63) is 96.1 Å². The van der Waals surface area contributed by atoms with E-state index in [0.29, 0.717) is 23.3 Å². The van der Waals surface area contributed by atoms with Gasteiger partial charge in [-0.05, 0) is 0 Å². The number of ether oxygens (including phenoxy) is 1. The van der Waals surface area contributed by atoms with E-state index in [0.717, 1.165) is 5.56 Å². The Balaban J connectivity index is 1.62. The maximum atomic E-state index is 13.0. The van der Waals surface area contributed by atoms with Gasteiger partial charge in [-0.15, -0.1) is 0 Å². The Morgan fingerprint density at radius 1 is 0.903 bits per heavy atom. The average molecular weight is 502 g/mol. The molecule has 3 rings (SSSR count). The molecule has 0 aliphatic carbocycles. The molecule has 0 saturated carbocycles. The molecule has 0 N–H and O–H groups in total. The van der Waals surface area contributed by atoms with E-state index in [1.165, 1.54) is 4.46 Å². The van der Waals surface area contributed by atoms with Crippen LogP contribution in [0.2, 0.25) is 4.82 Å². The summed E-state index contributed by atoms with van der Waals surface area (Å²) in [4.78, 5) is 12.5. The van der Waals surface area contributed by atoms with E-state index >= 15 is 0 Å². The summed E-state index contributed by atoms with van der Waals surface area (Å²) in [6.07, 6.45) is 1.31. The molecule has 0 fully saturated rings. The zero-order chi connectivity index (χ0) is 22.1. The van der Waals surface area contributed by atoms with Gasteiger partial charge in [0.15, 0.2) is 0 Å². The number of carbonyl (C=O) groups is 1.